The average Bonchev–Trinajstić information content (AvgIpc) is 2.61. The number of carbonyl (C=O) groups excluding carboxylic acids is 2. The maximum Gasteiger partial charge on any atom is 0.407 e. The molecule has 0 radical (unpaired) electrons. The van der Waals surface area contributed by atoms with Crippen LogP contribution in [-0.2, 0) is 16.1 Å². The van der Waals surface area contributed by atoms with Crippen molar-refractivity contribution in [3.05, 3.63) is 35.9 Å². The minimum atomic E-state index is -0.585. The van der Waals surface area contributed by atoms with Crippen molar-refractivity contribution in [3.63, 3.8) is 0 Å². The summed E-state index contributed by atoms with van der Waals surface area (Å²) in [7, 11) is 0. The first-order chi connectivity index (χ1) is 12.5. The largest absolute Gasteiger partial charge is 0.450 e. The summed E-state index contributed by atoms with van der Waals surface area (Å²) >= 11 is 0. The summed E-state index contributed by atoms with van der Waals surface area (Å²) in [6, 6.07) is 9.88. The normalized spacial score (nSPS) is 19.0. The number of hydrogen-bond acceptors (Lipinski definition) is 4. The minimum absolute atomic E-state index is 0.0107. The van der Waals surface area contributed by atoms with E-state index in [2.05, 4.69) is 27.7 Å². The number of nitrogens with zero attached hydrogens (tertiary/aromatic N) is 1. The molecule has 2 atom stereocenters. The predicted molar refractivity (Wildman–Crippen MR) is 102 cm³/mol. The van der Waals surface area contributed by atoms with Crippen LogP contribution >= 0.6 is 0 Å². The fourth-order valence-electron chi connectivity index (χ4n) is 3.28. The molecular formula is C20H31N3O3. The number of piperidine rings is 1. The second-order valence-electron chi connectivity index (χ2n) is 7.15. The fourth-order valence-corrected chi connectivity index (χ4v) is 3.28. The molecular weight excluding hydrogens is 330 g/mol. The molecule has 1 fully saturated rings. The van der Waals surface area contributed by atoms with Gasteiger partial charge in [-0.15, -0.1) is 0 Å². The lowest BCUT2D eigenvalue weighted by molar-refractivity contribution is -0.125. The van der Waals surface area contributed by atoms with E-state index in [-0.39, 0.29) is 24.5 Å². The van der Waals surface area contributed by atoms with Gasteiger partial charge in [0.05, 0.1) is 6.61 Å². The van der Waals surface area contributed by atoms with E-state index < -0.39 is 12.1 Å². The van der Waals surface area contributed by atoms with Gasteiger partial charge in [0.25, 0.3) is 0 Å². The molecule has 26 heavy (non-hydrogen) atoms. The Labute approximate surface area is 156 Å². The smallest absolute Gasteiger partial charge is 0.407 e. The topological polar surface area (TPSA) is 70.7 Å². The molecule has 0 spiro atoms. The van der Waals surface area contributed by atoms with Gasteiger partial charge in [0, 0.05) is 19.1 Å². The molecule has 0 saturated carbocycles. The molecule has 144 valence electrons. The van der Waals surface area contributed by atoms with E-state index in [9.17, 15) is 9.59 Å². The molecule has 0 aromatic heterocycles. The third-order valence-electron chi connectivity index (χ3n) is 4.60. The van der Waals surface area contributed by atoms with E-state index in [1.54, 1.807) is 6.92 Å². The zero-order chi connectivity index (χ0) is 18.9. The molecule has 1 saturated heterocycles. The Morgan fingerprint density at radius 1 is 1.27 bits per heavy atom. The zero-order valence-electron chi connectivity index (χ0n) is 16.0. The van der Waals surface area contributed by atoms with Gasteiger partial charge in [-0.25, -0.2) is 4.79 Å². The van der Waals surface area contributed by atoms with Gasteiger partial charge in [-0.2, -0.15) is 0 Å². The van der Waals surface area contributed by atoms with E-state index in [0.29, 0.717) is 0 Å². The highest BCUT2D eigenvalue weighted by Crippen LogP contribution is 2.14. The standard InChI is InChI=1S/C20H31N3O3/c1-4-26-20(25)22-18(15(2)3)19(24)21-17-11-8-12-23(14-17)13-16-9-6-5-7-10-16/h5-7,9-10,15,17-18H,4,8,11-14H2,1-3H3,(H,21,24)(H,22,25). The average molecular weight is 361 g/mol. The molecule has 0 aliphatic carbocycles. The van der Waals surface area contributed by atoms with Crippen molar-refractivity contribution in [1.82, 2.24) is 15.5 Å². The third kappa shape index (κ3) is 6.33. The van der Waals surface area contributed by atoms with Gasteiger partial charge in [0.2, 0.25) is 5.91 Å². The molecule has 1 aliphatic heterocycles. The fraction of sp³-hybridized carbons (Fsp3) is 0.600. The molecule has 2 rings (SSSR count). The molecule has 0 bridgehead atoms. The van der Waals surface area contributed by atoms with Crippen molar-refractivity contribution in [2.24, 2.45) is 5.92 Å². The lowest BCUT2D eigenvalue weighted by Gasteiger charge is -2.34. The number of ether oxygens (including phenoxy) is 1. The summed E-state index contributed by atoms with van der Waals surface area (Å²) in [6.45, 7) is 8.61. The maximum absolute atomic E-state index is 12.7. The summed E-state index contributed by atoms with van der Waals surface area (Å²) in [5.41, 5.74) is 1.28. The van der Waals surface area contributed by atoms with Gasteiger partial charge in [-0.3, -0.25) is 9.69 Å². The number of nitrogens with one attached hydrogen (secondary N) is 2. The maximum atomic E-state index is 12.7. The second-order valence-corrected chi connectivity index (χ2v) is 7.15. The van der Waals surface area contributed by atoms with Gasteiger partial charge in [0.15, 0.2) is 0 Å². The number of alkyl carbamates (subject to hydrolysis) is 1. The van der Waals surface area contributed by atoms with Crippen molar-refractivity contribution in [2.75, 3.05) is 19.7 Å². The first kappa shape index (κ1) is 20.2. The third-order valence-corrected chi connectivity index (χ3v) is 4.60. The van der Waals surface area contributed by atoms with Crippen molar-refractivity contribution in [3.8, 4) is 0 Å². The van der Waals surface area contributed by atoms with E-state index >= 15 is 0 Å². The molecule has 1 aromatic rings. The van der Waals surface area contributed by atoms with Crippen LogP contribution in [0.4, 0.5) is 4.79 Å². The van der Waals surface area contributed by atoms with E-state index in [1.165, 1.54) is 5.56 Å². The van der Waals surface area contributed by atoms with Crippen LogP contribution in [0.3, 0.4) is 0 Å². The van der Waals surface area contributed by atoms with Crippen LogP contribution < -0.4 is 10.6 Å². The van der Waals surface area contributed by atoms with Crippen LogP contribution in [0.1, 0.15) is 39.2 Å². The van der Waals surface area contributed by atoms with E-state index in [1.807, 2.05) is 32.0 Å². The first-order valence-corrected chi connectivity index (χ1v) is 9.49. The Bertz CT molecular complexity index is 577. The predicted octanol–water partition coefficient (Wildman–Crippen LogP) is 2.54. The van der Waals surface area contributed by atoms with Crippen molar-refractivity contribution in [1.29, 1.82) is 0 Å². The molecule has 6 nitrogen and oxygen atoms in total. The molecule has 1 heterocycles. The van der Waals surface area contributed by atoms with Crippen LogP contribution in [0.25, 0.3) is 0 Å². The molecule has 2 unspecified atom stereocenters. The van der Waals surface area contributed by atoms with Crippen LogP contribution in [0.15, 0.2) is 30.3 Å². The first-order valence-electron chi connectivity index (χ1n) is 9.49. The Hall–Kier alpha value is -2.08. The molecule has 2 amide bonds. The molecule has 1 aliphatic rings. The second kappa shape index (κ2) is 10.2. The van der Waals surface area contributed by atoms with Crippen LogP contribution in [0.5, 0.6) is 0 Å². The van der Waals surface area contributed by atoms with Crippen molar-refractivity contribution < 1.29 is 14.3 Å². The number of rotatable bonds is 7. The minimum Gasteiger partial charge on any atom is -0.450 e. The number of likely N-dealkylation sites (tertiary alicyclic amines) is 1. The highest BCUT2D eigenvalue weighted by Gasteiger charge is 2.28. The lowest BCUT2D eigenvalue weighted by Crippen LogP contribution is -2.55. The Morgan fingerprint density at radius 3 is 2.65 bits per heavy atom. The molecule has 6 heteroatoms. The van der Waals surface area contributed by atoms with Crippen LogP contribution in [0.2, 0.25) is 0 Å². The van der Waals surface area contributed by atoms with E-state index in [4.69, 9.17) is 4.74 Å². The summed E-state index contributed by atoms with van der Waals surface area (Å²) in [5, 5.41) is 5.78. The SMILES string of the molecule is CCOC(=O)NC(C(=O)NC1CCCN(Cc2ccccc2)C1)C(C)C. The number of carbonyl (C=O) groups is 2. The van der Waals surface area contributed by atoms with Crippen LogP contribution in [0, 0.1) is 5.92 Å². The highest BCUT2D eigenvalue weighted by molar-refractivity contribution is 5.86. The van der Waals surface area contributed by atoms with Gasteiger partial charge in [0.1, 0.15) is 6.04 Å². The van der Waals surface area contributed by atoms with Gasteiger partial charge < -0.3 is 15.4 Å². The van der Waals surface area contributed by atoms with Crippen molar-refractivity contribution >= 4 is 12.0 Å². The quantitative estimate of drug-likeness (QED) is 0.783. The summed E-state index contributed by atoms with van der Waals surface area (Å²) in [4.78, 5) is 26.7. The van der Waals surface area contributed by atoms with E-state index in [0.717, 1.165) is 32.5 Å². The summed E-state index contributed by atoms with van der Waals surface area (Å²) in [5.74, 6) is -0.150. The van der Waals surface area contributed by atoms with Crippen molar-refractivity contribution in [2.45, 2.75) is 52.2 Å². The Morgan fingerprint density at radius 2 is 2.00 bits per heavy atom. The molecule has 1 aromatic carbocycles. The lowest BCUT2D eigenvalue weighted by atomic mass is 10.0. The van der Waals surface area contributed by atoms with Gasteiger partial charge in [-0.1, -0.05) is 44.2 Å². The van der Waals surface area contributed by atoms with Gasteiger partial charge >= 0.3 is 6.09 Å². The number of amides is 2. The van der Waals surface area contributed by atoms with Gasteiger partial charge in [-0.05, 0) is 37.8 Å². The Balaban J connectivity index is 1.88. The monoisotopic (exact) mass is 361 g/mol. The number of benzene rings is 1. The Kier molecular flexibility index (Phi) is 7.91. The summed E-state index contributed by atoms with van der Waals surface area (Å²) in [6.07, 6.45) is 1.46. The number of hydrogen-bond donors (Lipinski definition) is 2. The zero-order valence-corrected chi connectivity index (χ0v) is 16.0. The highest BCUT2D eigenvalue weighted by atomic mass is 16.5. The summed E-state index contributed by atoms with van der Waals surface area (Å²) < 4.78 is 4.91. The molecule has 2 N–H and O–H groups in total. The van der Waals surface area contributed by atoms with Crippen LogP contribution in [-0.4, -0.2) is 48.7 Å².